The summed E-state index contributed by atoms with van der Waals surface area (Å²) in [6.07, 6.45) is 9.53. The summed E-state index contributed by atoms with van der Waals surface area (Å²) in [6.45, 7) is 1.33. The third kappa shape index (κ3) is 5.39. The number of guanidine groups is 1. The standard InChI is InChI=1S/C21H25FN6/c22-18-7-5-16(6-8-18)20(17-3-1-10-25-13-17)9-12-28(21(23)24)11-2-4-19-14-26-15-27-19/h1,3,5-8,10,13-15,20H,2,4,9,11-12H2,(H3,23,24)(H,26,27). The number of nitrogens with two attached hydrogens (primary N) is 1. The quantitative estimate of drug-likeness (QED) is 0.392. The molecule has 6 nitrogen and oxygen atoms in total. The van der Waals surface area contributed by atoms with E-state index in [0.717, 1.165) is 36.1 Å². The molecule has 1 unspecified atom stereocenters. The molecule has 0 aliphatic carbocycles. The first-order chi connectivity index (χ1) is 13.6. The Balaban J connectivity index is 1.66. The number of hydrogen-bond acceptors (Lipinski definition) is 3. The number of rotatable bonds is 9. The summed E-state index contributed by atoms with van der Waals surface area (Å²) in [5, 5.41) is 7.91. The molecule has 0 spiro atoms. The van der Waals surface area contributed by atoms with Gasteiger partial charge >= 0.3 is 0 Å². The van der Waals surface area contributed by atoms with Crippen molar-refractivity contribution in [3.63, 3.8) is 0 Å². The second-order valence-electron chi connectivity index (χ2n) is 6.73. The van der Waals surface area contributed by atoms with E-state index in [1.54, 1.807) is 12.5 Å². The van der Waals surface area contributed by atoms with Crippen LogP contribution in [0.25, 0.3) is 0 Å². The third-order valence-corrected chi connectivity index (χ3v) is 4.82. The molecule has 2 aromatic heterocycles. The Kier molecular flexibility index (Phi) is 6.73. The van der Waals surface area contributed by atoms with Gasteiger partial charge in [-0.3, -0.25) is 10.4 Å². The number of nitrogens with zero attached hydrogens (tertiary/aromatic N) is 3. The lowest BCUT2D eigenvalue weighted by atomic mass is 9.89. The van der Waals surface area contributed by atoms with Crippen molar-refractivity contribution in [1.82, 2.24) is 19.9 Å². The number of pyridine rings is 1. The predicted octanol–water partition coefficient (Wildman–Crippen LogP) is 3.29. The summed E-state index contributed by atoms with van der Waals surface area (Å²) in [7, 11) is 0. The van der Waals surface area contributed by atoms with Gasteiger partial charge < -0.3 is 15.6 Å². The highest BCUT2D eigenvalue weighted by Crippen LogP contribution is 2.28. The summed E-state index contributed by atoms with van der Waals surface area (Å²) in [5.41, 5.74) is 8.97. The van der Waals surface area contributed by atoms with Crippen LogP contribution in [0.15, 0.2) is 61.3 Å². The van der Waals surface area contributed by atoms with E-state index in [-0.39, 0.29) is 17.7 Å². The van der Waals surface area contributed by atoms with Crippen LogP contribution in [0, 0.1) is 11.2 Å². The van der Waals surface area contributed by atoms with Crippen molar-refractivity contribution < 1.29 is 4.39 Å². The van der Waals surface area contributed by atoms with Crippen molar-refractivity contribution >= 4 is 5.96 Å². The second-order valence-corrected chi connectivity index (χ2v) is 6.73. The Morgan fingerprint density at radius 3 is 2.57 bits per heavy atom. The van der Waals surface area contributed by atoms with Crippen LogP contribution in [0.5, 0.6) is 0 Å². The number of nitrogens with one attached hydrogen (secondary N) is 2. The minimum Gasteiger partial charge on any atom is -0.370 e. The van der Waals surface area contributed by atoms with Crippen molar-refractivity contribution in [3.05, 3.63) is 84.0 Å². The number of aromatic nitrogens is 3. The molecule has 1 aromatic carbocycles. The van der Waals surface area contributed by atoms with Crippen molar-refractivity contribution in [1.29, 1.82) is 5.41 Å². The predicted molar refractivity (Wildman–Crippen MR) is 107 cm³/mol. The highest BCUT2D eigenvalue weighted by atomic mass is 19.1. The van der Waals surface area contributed by atoms with E-state index >= 15 is 0 Å². The minimum atomic E-state index is -0.252. The molecule has 0 radical (unpaired) electrons. The number of halogens is 1. The number of aryl methyl sites for hydroxylation is 1. The summed E-state index contributed by atoms with van der Waals surface area (Å²) >= 11 is 0. The van der Waals surface area contributed by atoms with E-state index in [1.807, 2.05) is 41.6 Å². The number of aromatic amines is 1. The Morgan fingerprint density at radius 1 is 1.11 bits per heavy atom. The fourth-order valence-corrected chi connectivity index (χ4v) is 3.32. The fraction of sp³-hybridized carbons (Fsp3) is 0.286. The summed E-state index contributed by atoms with van der Waals surface area (Å²) in [4.78, 5) is 13.2. The molecule has 0 saturated carbocycles. The van der Waals surface area contributed by atoms with Crippen LogP contribution < -0.4 is 5.73 Å². The van der Waals surface area contributed by atoms with Crippen molar-refractivity contribution in [2.24, 2.45) is 5.73 Å². The van der Waals surface area contributed by atoms with E-state index in [1.165, 1.54) is 12.1 Å². The Morgan fingerprint density at radius 2 is 1.93 bits per heavy atom. The number of hydrogen-bond donors (Lipinski definition) is 3. The van der Waals surface area contributed by atoms with Crippen LogP contribution in [0.2, 0.25) is 0 Å². The molecule has 0 fully saturated rings. The SMILES string of the molecule is N=C(N)N(CCCc1cnc[nH]1)CCC(c1ccc(F)cc1)c1cccnc1. The van der Waals surface area contributed by atoms with Crippen molar-refractivity contribution in [3.8, 4) is 0 Å². The van der Waals surface area contributed by atoms with Gasteiger partial charge in [0, 0.05) is 43.3 Å². The van der Waals surface area contributed by atoms with Gasteiger partial charge in [-0.1, -0.05) is 18.2 Å². The molecule has 0 saturated heterocycles. The van der Waals surface area contributed by atoms with Crippen LogP contribution in [0.3, 0.4) is 0 Å². The lowest BCUT2D eigenvalue weighted by molar-refractivity contribution is 0.386. The molecule has 2 heterocycles. The molecule has 3 rings (SSSR count). The zero-order valence-electron chi connectivity index (χ0n) is 15.7. The maximum absolute atomic E-state index is 13.4. The topological polar surface area (TPSA) is 94.7 Å². The average Bonchev–Trinajstić information content (AvgIpc) is 3.22. The van der Waals surface area contributed by atoms with Crippen molar-refractivity contribution in [2.45, 2.75) is 25.2 Å². The van der Waals surface area contributed by atoms with E-state index in [9.17, 15) is 4.39 Å². The Hall–Kier alpha value is -3.22. The van der Waals surface area contributed by atoms with E-state index in [4.69, 9.17) is 11.1 Å². The summed E-state index contributed by atoms with van der Waals surface area (Å²) < 4.78 is 13.4. The lowest BCUT2D eigenvalue weighted by Crippen LogP contribution is -2.38. The van der Waals surface area contributed by atoms with Gasteiger partial charge in [0.2, 0.25) is 0 Å². The molecule has 0 bridgehead atoms. The van der Waals surface area contributed by atoms with Crippen LogP contribution in [0.1, 0.15) is 35.6 Å². The van der Waals surface area contributed by atoms with Gasteiger partial charge in [0.25, 0.3) is 0 Å². The number of H-pyrrole nitrogens is 1. The zero-order valence-corrected chi connectivity index (χ0v) is 15.7. The molecular formula is C21H25FN6. The summed E-state index contributed by atoms with van der Waals surface area (Å²) in [6, 6.07) is 10.5. The molecule has 28 heavy (non-hydrogen) atoms. The number of benzene rings is 1. The van der Waals surface area contributed by atoms with Gasteiger partial charge in [0.15, 0.2) is 5.96 Å². The van der Waals surface area contributed by atoms with Gasteiger partial charge in [-0.15, -0.1) is 0 Å². The highest BCUT2D eigenvalue weighted by molar-refractivity contribution is 5.74. The van der Waals surface area contributed by atoms with Gasteiger partial charge in [-0.05, 0) is 48.6 Å². The molecule has 0 aliphatic rings. The van der Waals surface area contributed by atoms with Gasteiger partial charge in [-0.2, -0.15) is 0 Å². The fourth-order valence-electron chi connectivity index (χ4n) is 3.32. The van der Waals surface area contributed by atoms with Gasteiger partial charge in [-0.25, -0.2) is 9.37 Å². The van der Waals surface area contributed by atoms with Crippen LogP contribution in [0.4, 0.5) is 4.39 Å². The second kappa shape index (κ2) is 9.64. The third-order valence-electron chi connectivity index (χ3n) is 4.82. The molecule has 4 N–H and O–H groups in total. The maximum atomic E-state index is 13.4. The number of imidazole rings is 1. The van der Waals surface area contributed by atoms with Crippen LogP contribution in [-0.4, -0.2) is 38.9 Å². The Labute approximate surface area is 164 Å². The Bertz CT molecular complexity index is 848. The van der Waals surface area contributed by atoms with E-state index in [2.05, 4.69) is 15.0 Å². The van der Waals surface area contributed by atoms with Gasteiger partial charge in [0.05, 0.1) is 6.33 Å². The molecule has 7 heteroatoms. The first-order valence-electron chi connectivity index (χ1n) is 9.35. The smallest absolute Gasteiger partial charge is 0.188 e. The summed E-state index contributed by atoms with van der Waals surface area (Å²) in [5.74, 6) is -0.129. The van der Waals surface area contributed by atoms with E-state index < -0.39 is 0 Å². The van der Waals surface area contributed by atoms with E-state index in [0.29, 0.717) is 13.1 Å². The largest absolute Gasteiger partial charge is 0.370 e. The van der Waals surface area contributed by atoms with Gasteiger partial charge in [0.1, 0.15) is 5.82 Å². The van der Waals surface area contributed by atoms with Crippen LogP contribution in [-0.2, 0) is 6.42 Å². The molecule has 146 valence electrons. The lowest BCUT2D eigenvalue weighted by Gasteiger charge is -2.26. The maximum Gasteiger partial charge on any atom is 0.188 e. The van der Waals surface area contributed by atoms with Crippen molar-refractivity contribution in [2.75, 3.05) is 13.1 Å². The normalized spacial score (nSPS) is 11.9. The first kappa shape index (κ1) is 19.5. The minimum absolute atomic E-state index is 0.0590. The highest BCUT2D eigenvalue weighted by Gasteiger charge is 2.17. The zero-order chi connectivity index (χ0) is 19.8. The monoisotopic (exact) mass is 380 g/mol. The molecule has 0 amide bonds. The average molecular weight is 380 g/mol. The first-order valence-corrected chi connectivity index (χ1v) is 9.35. The molecular weight excluding hydrogens is 355 g/mol. The molecule has 1 atom stereocenters. The molecule has 0 aliphatic heterocycles. The van der Waals surface area contributed by atoms with Crippen LogP contribution >= 0.6 is 0 Å². The molecule has 3 aromatic rings.